The normalized spacial score (nSPS) is 11.7. The second-order valence-electron chi connectivity index (χ2n) is 16.2. The van der Waals surface area contributed by atoms with Crippen LogP contribution in [0.2, 0.25) is 0 Å². The molecule has 0 aliphatic carbocycles. The minimum absolute atomic E-state index is 1.19. The molecule has 0 unspecified atom stereocenters. The van der Waals surface area contributed by atoms with E-state index in [0.29, 0.717) is 0 Å². The first-order chi connectivity index (χ1) is 30.6. The smallest absolute Gasteiger partial charge is 0.0143 e. The monoisotopic (exact) mass is 1010 g/mol. The van der Waals surface area contributed by atoms with Gasteiger partial charge in [0.05, 0.1) is 0 Å². The molecule has 12 aromatic carbocycles. The molecule has 2 heteroatoms. The molecule has 0 radical (unpaired) electrons. The summed E-state index contributed by atoms with van der Waals surface area (Å²) in [5, 5.41) is 13.0. The highest BCUT2D eigenvalue weighted by Crippen LogP contribution is 2.54. The first-order valence-electron chi connectivity index (χ1n) is 21.0. The van der Waals surface area contributed by atoms with Crippen molar-refractivity contribution in [3.8, 4) is 66.8 Å². The van der Waals surface area contributed by atoms with E-state index in [1.165, 1.54) is 128 Å². The lowest BCUT2D eigenvalue weighted by molar-refractivity contribution is 1.55. The summed E-state index contributed by atoms with van der Waals surface area (Å²) in [5.41, 5.74) is 14.5. The van der Waals surface area contributed by atoms with Crippen molar-refractivity contribution in [2.45, 2.75) is 0 Å². The fraction of sp³-hybridized carbons (Fsp3) is 0. The highest BCUT2D eigenvalue weighted by molar-refractivity contribution is 14.1. The topological polar surface area (TPSA) is 0 Å². The standard InChI is InChI=1S/C60H36I2/c61-44-32-51-47-23-13-14-24-48(47)52-33-45(62)35-55-59(52)58(51)54(34-44)57-49(40-19-9-3-10-20-40)36-53(56(60(55)57)42-21-11-4-12-22-42)50-31-43(38-17-7-2-8-18-38)29-30-46(50)41-27-25-39(26-28-41)37-15-5-1-6-16-37/h1-36H. The highest BCUT2D eigenvalue weighted by Gasteiger charge is 2.26. The van der Waals surface area contributed by atoms with Gasteiger partial charge in [0.25, 0.3) is 0 Å². The van der Waals surface area contributed by atoms with Crippen LogP contribution in [0.4, 0.5) is 0 Å². The quantitative estimate of drug-likeness (QED) is 0.0885. The van der Waals surface area contributed by atoms with Crippen LogP contribution in [0, 0.1) is 7.14 Å². The fourth-order valence-corrected chi connectivity index (χ4v) is 11.3. The zero-order valence-electron chi connectivity index (χ0n) is 33.5. The molecule has 0 saturated carbocycles. The van der Waals surface area contributed by atoms with Crippen molar-refractivity contribution in [3.05, 3.63) is 226 Å². The number of hydrogen-bond acceptors (Lipinski definition) is 0. The Hall–Kier alpha value is -6.34. The van der Waals surface area contributed by atoms with E-state index in [2.05, 4.69) is 264 Å². The van der Waals surface area contributed by atoms with Gasteiger partial charge in [-0.2, -0.15) is 0 Å². The molecule has 0 aliphatic rings. The van der Waals surface area contributed by atoms with Gasteiger partial charge < -0.3 is 0 Å². The summed E-state index contributed by atoms with van der Waals surface area (Å²) in [6, 6.07) is 81.1. The van der Waals surface area contributed by atoms with E-state index in [9.17, 15) is 0 Å². The molecule has 0 spiro atoms. The van der Waals surface area contributed by atoms with Crippen LogP contribution in [0.5, 0.6) is 0 Å². The molecule has 0 atom stereocenters. The molecule has 0 heterocycles. The predicted molar refractivity (Wildman–Crippen MR) is 283 cm³/mol. The lowest BCUT2D eigenvalue weighted by Gasteiger charge is -2.25. The Balaban J connectivity index is 1.30. The van der Waals surface area contributed by atoms with Gasteiger partial charge in [-0.1, -0.05) is 182 Å². The Morgan fingerprint density at radius 3 is 1.18 bits per heavy atom. The van der Waals surface area contributed by atoms with E-state index in [0.717, 1.165) is 0 Å². The van der Waals surface area contributed by atoms with Gasteiger partial charge in [0.1, 0.15) is 0 Å². The van der Waals surface area contributed by atoms with Crippen LogP contribution in [-0.2, 0) is 0 Å². The summed E-state index contributed by atoms with van der Waals surface area (Å²) in [4.78, 5) is 0. The van der Waals surface area contributed by atoms with Gasteiger partial charge in [-0.05, 0) is 202 Å². The second-order valence-corrected chi connectivity index (χ2v) is 18.7. The molecule has 0 aromatic heterocycles. The first kappa shape index (κ1) is 37.4. The zero-order chi connectivity index (χ0) is 41.3. The van der Waals surface area contributed by atoms with Gasteiger partial charge in [-0.15, -0.1) is 0 Å². The van der Waals surface area contributed by atoms with Gasteiger partial charge in [0.15, 0.2) is 0 Å². The summed E-state index contributed by atoms with van der Waals surface area (Å²) in [7, 11) is 0. The van der Waals surface area contributed by atoms with E-state index < -0.39 is 0 Å². The van der Waals surface area contributed by atoms with Crippen molar-refractivity contribution in [2.24, 2.45) is 0 Å². The van der Waals surface area contributed by atoms with Crippen molar-refractivity contribution in [2.75, 3.05) is 0 Å². The van der Waals surface area contributed by atoms with Gasteiger partial charge in [0, 0.05) is 7.14 Å². The molecule has 0 aliphatic heterocycles. The lowest BCUT2D eigenvalue weighted by atomic mass is 9.78. The molecular weight excluding hydrogens is 974 g/mol. The third kappa shape index (κ3) is 6.14. The van der Waals surface area contributed by atoms with Crippen LogP contribution in [0.3, 0.4) is 0 Å². The highest BCUT2D eigenvalue weighted by atomic mass is 127. The Bertz CT molecular complexity index is 3650. The molecular formula is C60H36I2. The zero-order valence-corrected chi connectivity index (χ0v) is 37.9. The van der Waals surface area contributed by atoms with Crippen LogP contribution >= 0.6 is 45.2 Å². The van der Waals surface area contributed by atoms with Crippen LogP contribution < -0.4 is 0 Å². The Morgan fingerprint density at radius 1 is 0.210 bits per heavy atom. The number of rotatable bonds is 6. The maximum Gasteiger partial charge on any atom is 0.0143 e. The van der Waals surface area contributed by atoms with E-state index in [1.807, 2.05) is 0 Å². The average Bonchev–Trinajstić information content (AvgIpc) is 3.34. The Labute approximate surface area is 388 Å². The minimum atomic E-state index is 1.19. The van der Waals surface area contributed by atoms with Crippen LogP contribution in [0.1, 0.15) is 0 Å². The van der Waals surface area contributed by atoms with Gasteiger partial charge in [0.2, 0.25) is 0 Å². The molecule has 0 bridgehead atoms. The molecule has 12 rings (SSSR count). The average molecular weight is 1010 g/mol. The Morgan fingerprint density at radius 2 is 0.613 bits per heavy atom. The van der Waals surface area contributed by atoms with Crippen LogP contribution in [0.15, 0.2) is 218 Å². The van der Waals surface area contributed by atoms with Gasteiger partial charge in [-0.25, -0.2) is 0 Å². The molecule has 12 aromatic rings. The third-order valence-electron chi connectivity index (χ3n) is 12.7. The second kappa shape index (κ2) is 15.2. The SMILES string of the molecule is Ic1cc2c3ccccc3c3cc(I)cc4c5c(-c6ccccc6)c(-c6cc(-c7ccccc7)ccc6-c6ccc(-c7ccccc7)cc6)cc(-c6ccccc6)c5c(c1)c2c34. The third-order valence-corrected chi connectivity index (χ3v) is 13.9. The largest absolute Gasteiger partial charge is 0.0622 e. The first-order valence-corrected chi connectivity index (χ1v) is 23.2. The van der Waals surface area contributed by atoms with E-state index in [4.69, 9.17) is 0 Å². The van der Waals surface area contributed by atoms with Crippen molar-refractivity contribution in [3.63, 3.8) is 0 Å². The van der Waals surface area contributed by atoms with Crippen LogP contribution in [-0.4, -0.2) is 0 Å². The van der Waals surface area contributed by atoms with Crippen LogP contribution in [0.25, 0.3) is 121 Å². The lowest BCUT2D eigenvalue weighted by Crippen LogP contribution is -1.98. The molecule has 0 N–H and O–H groups in total. The minimum Gasteiger partial charge on any atom is -0.0622 e. The molecule has 62 heavy (non-hydrogen) atoms. The summed E-state index contributed by atoms with van der Waals surface area (Å²) in [6.07, 6.45) is 0. The number of fused-ring (bicyclic) bond motifs is 6. The number of hydrogen-bond donors (Lipinski definition) is 0. The maximum absolute atomic E-state index is 2.55. The maximum atomic E-state index is 2.55. The summed E-state index contributed by atoms with van der Waals surface area (Å²) >= 11 is 5.10. The molecule has 0 saturated heterocycles. The van der Waals surface area contributed by atoms with Crippen molar-refractivity contribution >= 4 is 99.0 Å². The molecule has 0 fully saturated rings. The van der Waals surface area contributed by atoms with Gasteiger partial charge >= 0.3 is 0 Å². The summed E-state index contributed by atoms with van der Waals surface area (Å²) in [6.45, 7) is 0. The summed E-state index contributed by atoms with van der Waals surface area (Å²) < 4.78 is 2.46. The molecule has 290 valence electrons. The van der Waals surface area contributed by atoms with Crippen molar-refractivity contribution < 1.29 is 0 Å². The summed E-state index contributed by atoms with van der Waals surface area (Å²) in [5.74, 6) is 0. The predicted octanol–water partition coefficient (Wildman–Crippen LogP) is 18.1. The number of halogens is 2. The fourth-order valence-electron chi connectivity index (χ4n) is 10.0. The van der Waals surface area contributed by atoms with Gasteiger partial charge in [-0.3, -0.25) is 0 Å². The van der Waals surface area contributed by atoms with Crippen molar-refractivity contribution in [1.82, 2.24) is 0 Å². The van der Waals surface area contributed by atoms with E-state index in [1.54, 1.807) is 0 Å². The van der Waals surface area contributed by atoms with Crippen molar-refractivity contribution in [1.29, 1.82) is 0 Å². The molecule has 0 nitrogen and oxygen atoms in total. The van der Waals surface area contributed by atoms with E-state index in [-0.39, 0.29) is 0 Å². The van der Waals surface area contributed by atoms with E-state index >= 15 is 0 Å². The Kier molecular flexibility index (Phi) is 9.19. The number of benzene rings is 12. The molecule has 0 amide bonds.